The highest BCUT2D eigenvalue weighted by molar-refractivity contribution is 7.99. The van der Waals surface area contributed by atoms with Gasteiger partial charge in [-0.1, -0.05) is 104 Å². The van der Waals surface area contributed by atoms with E-state index in [2.05, 4.69) is 10.3 Å². The molecule has 55 heavy (non-hydrogen) atoms. The van der Waals surface area contributed by atoms with Gasteiger partial charge in [-0.2, -0.15) is 9.55 Å². The SMILES string of the molecule is CNC(=O)c1ccccc1Sc1ccc2c(/C=C/c3ccccn3)nn(P(=O)(C[C@@H](C)C(=O)O[C@@H](C)c3ccccc3)Oc3cccc4ccccc34)c2c1. The van der Waals surface area contributed by atoms with Gasteiger partial charge in [-0.25, -0.2) is 0 Å². The quantitative estimate of drug-likeness (QED) is 0.0912. The van der Waals surface area contributed by atoms with Crippen molar-refractivity contribution in [1.82, 2.24) is 19.9 Å². The Kier molecular flexibility index (Phi) is 11.3. The second-order valence-corrected chi connectivity index (χ2v) is 16.3. The largest absolute Gasteiger partial charge is 0.458 e. The summed E-state index contributed by atoms with van der Waals surface area (Å²) in [5.74, 6) is -1.15. The molecule has 9 nitrogen and oxygen atoms in total. The molecule has 5 aromatic carbocycles. The zero-order valence-corrected chi connectivity index (χ0v) is 32.2. The molecule has 11 heteroatoms. The third-order valence-corrected chi connectivity index (χ3v) is 12.5. The summed E-state index contributed by atoms with van der Waals surface area (Å²) < 4.78 is 29.8. The Bertz CT molecular complexity index is 2550. The number of fused-ring (bicyclic) bond motifs is 2. The Hall–Kier alpha value is -5.96. The summed E-state index contributed by atoms with van der Waals surface area (Å²) in [6.07, 6.45) is 4.67. The second-order valence-electron chi connectivity index (χ2n) is 13.0. The number of hydrogen-bond donors (Lipinski definition) is 1. The van der Waals surface area contributed by atoms with E-state index < -0.39 is 25.5 Å². The highest BCUT2D eigenvalue weighted by Gasteiger charge is 2.37. The molecule has 7 aromatic rings. The number of carbonyl (C=O) groups is 2. The molecule has 0 saturated heterocycles. The molecule has 0 fully saturated rings. The summed E-state index contributed by atoms with van der Waals surface area (Å²) in [5, 5.41) is 10.1. The van der Waals surface area contributed by atoms with Gasteiger partial charge < -0.3 is 14.6 Å². The Morgan fingerprint density at radius 3 is 2.38 bits per heavy atom. The predicted octanol–water partition coefficient (Wildman–Crippen LogP) is 10.3. The fraction of sp³-hybridized carbons (Fsp3) is 0.136. The van der Waals surface area contributed by atoms with E-state index in [1.54, 1.807) is 32.3 Å². The summed E-state index contributed by atoms with van der Waals surface area (Å²) in [6, 6.07) is 41.5. The minimum absolute atomic E-state index is 0.201. The van der Waals surface area contributed by atoms with Gasteiger partial charge in [0.25, 0.3) is 5.91 Å². The second kappa shape index (κ2) is 16.6. The lowest BCUT2D eigenvalue weighted by Gasteiger charge is -2.24. The number of aromatic nitrogens is 3. The van der Waals surface area contributed by atoms with Gasteiger partial charge >= 0.3 is 13.5 Å². The maximum absolute atomic E-state index is 15.8. The van der Waals surface area contributed by atoms with E-state index in [1.807, 2.05) is 140 Å². The zero-order chi connectivity index (χ0) is 38.4. The van der Waals surface area contributed by atoms with E-state index >= 15 is 4.57 Å². The number of hydrogen-bond acceptors (Lipinski definition) is 8. The fourth-order valence-corrected chi connectivity index (χ4v) is 9.57. The molecule has 1 amide bonds. The van der Waals surface area contributed by atoms with Gasteiger partial charge in [0.2, 0.25) is 0 Å². The first-order chi connectivity index (χ1) is 26.7. The van der Waals surface area contributed by atoms with Crippen LogP contribution in [-0.2, 0) is 14.1 Å². The first-order valence-corrected chi connectivity index (χ1v) is 20.4. The van der Waals surface area contributed by atoms with Gasteiger partial charge in [0.05, 0.1) is 34.5 Å². The third-order valence-electron chi connectivity index (χ3n) is 9.10. The highest BCUT2D eigenvalue weighted by Crippen LogP contribution is 2.53. The normalized spacial score (nSPS) is 13.7. The summed E-state index contributed by atoms with van der Waals surface area (Å²) in [7, 11) is -2.50. The molecular formula is C44H39N4O5PS. The fourth-order valence-electron chi connectivity index (χ4n) is 6.25. The molecule has 0 spiro atoms. The van der Waals surface area contributed by atoms with Crippen molar-refractivity contribution in [2.45, 2.75) is 29.7 Å². The van der Waals surface area contributed by atoms with Crippen LogP contribution in [0.3, 0.4) is 0 Å². The van der Waals surface area contributed by atoms with E-state index in [9.17, 15) is 9.59 Å². The molecule has 3 atom stereocenters. The van der Waals surface area contributed by atoms with Crippen molar-refractivity contribution >= 4 is 65.0 Å². The number of nitrogens with zero attached hydrogens (tertiary/aromatic N) is 3. The minimum atomic E-state index is -4.09. The van der Waals surface area contributed by atoms with Crippen LogP contribution in [0.4, 0.5) is 0 Å². The molecule has 7 rings (SSSR count). The molecule has 0 aliphatic carbocycles. The lowest BCUT2D eigenvalue weighted by atomic mass is 10.1. The molecule has 0 saturated carbocycles. The predicted molar refractivity (Wildman–Crippen MR) is 219 cm³/mol. The van der Waals surface area contributed by atoms with E-state index in [4.69, 9.17) is 14.4 Å². The van der Waals surface area contributed by atoms with Crippen LogP contribution in [0.2, 0.25) is 0 Å². The number of amides is 1. The molecule has 1 unspecified atom stereocenters. The topological polar surface area (TPSA) is 112 Å². The van der Waals surface area contributed by atoms with Crippen molar-refractivity contribution in [3.8, 4) is 5.75 Å². The first kappa shape index (κ1) is 37.4. The van der Waals surface area contributed by atoms with Crippen LogP contribution < -0.4 is 9.84 Å². The number of pyridine rings is 1. The van der Waals surface area contributed by atoms with Crippen LogP contribution >= 0.6 is 19.3 Å². The monoisotopic (exact) mass is 766 g/mol. The Morgan fingerprint density at radius 2 is 1.58 bits per heavy atom. The van der Waals surface area contributed by atoms with Gasteiger partial charge in [0, 0.05) is 33.8 Å². The molecule has 0 bridgehead atoms. The highest BCUT2D eigenvalue weighted by atomic mass is 32.2. The number of nitrogens with one attached hydrogen (secondary N) is 1. The molecule has 2 heterocycles. The zero-order valence-electron chi connectivity index (χ0n) is 30.5. The van der Waals surface area contributed by atoms with Crippen molar-refractivity contribution < 1.29 is 23.4 Å². The van der Waals surface area contributed by atoms with E-state index in [0.717, 1.165) is 31.8 Å². The van der Waals surface area contributed by atoms with Crippen LogP contribution in [0.15, 0.2) is 149 Å². The summed E-state index contributed by atoms with van der Waals surface area (Å²) >= 11 is 1.41. The van der Waals surface area contributed by atoms with Crippen LogP contribution in [0.1, 0.15) is 47.3 Å². The average Bonchev–Trinajstić information content (AvgIpc) is 3.59. The molecule has 276 valence electrons. The number of rotatable bonds is 13. The van der Waals surface area contributed by atoms with Crippen molar-refractivity contribution in [3.05, 3.63) is 162 Å². The van der Waals surface area contributed by atoms with Crippen LogP contribution in [0, 0.1) is 5.92 Å². The third kappa shape index (κ3) is 8.41. The molecular weight excluding hydrogens is 728 g/mol. The average molecular weight is 767 g/mol. The van der Waals surface area contributed by atoms with Crippen molar-refractivity contribution in [3.63, 3.8) is 0 Å². The van der Waals surface area contributed by atoms with Gasteiger partial charge in [-0.05, 0) is 78.6 Å². The van der Waals surface area contributed by atoms with Gasteiger partial charge in [-0.15, -0.1) is 0 Å². The molecule has 0 aliphatic rings. The number of carbonyl (C=O) groups excluding carboxylic acids is 2. The van der Waals surface area contributed by atoms with Gasteiger partial charge in [0.15, 0.2) is 0 Å². The van der Waals surface area contributed by atoms with Crippen LogP contribution in [0.5, 0.6) is 5.75 Å². The van der Waals surface area contributed by atoms with Crippen molar-refractivity contribution in [1.29, 1.82) is 0 Å². The Labute approximate surface area is 323 Å². The smallest absolute Gasteiger partial charge is 0.364 e. The van der Waals surface area contributed by atoms with Crippen molar-refractivity contribution in [2.75, 3.05) is 13.2 Å². The molecule has 1 N–H and O–H groups in total. The summed E-state index contributed by atoms with van der Waals surface area (Å²) in [4.78, 5) is 32.4. The first-order valence-electron chi connectivity index (χ1n) is 17.9. The minimum Gasteiger partial charge on any atom is -0.458 e. The Morgan fingerprint density at radius 1 is 0.836 bits per heavy atom. The van der Waals surface area contributed by atoms with Gasteiger partial charge in [0.1, 0.15) is 11.9 Å². The van der Waals surface area contributed by atoms with E-state index in [1.165, 1.54) is 16.2 Å². The maximum Gasteiger partial charge on any atom is 0.364 e. The van der Waals surface area contributed by atoms with Crippen molar-refractivity contribution in [2.24, 2.45) is 5.92 Å². The Balaban J connectivity index is 1.35. The standard InChI is InChI=1S/C44H39N4O5PS/c1-30(44(50)52-31(2)32-14-5-4-6-15-32)29-54(51,53-41-21-13-17-33-16-7-8-19-36(33)41)48-40-28-35(55-42-22-10-9-20-38(42)43(49)45-3)24-25-37(40)39(47-48)26-23-34-18-11-12-27-46-34/h4-28,30-31H,29H2,1-3H3,(H,45,49)/b26-23+/t30-,31+,54?/m1/s1. The van der Waals surface area contributed by atoms with Crippen LogP contribution in [-0.4, -0.2) is 39.6 Å². The number of ether oxygens (including phenoxy) is 1. The molecule has 2 aromatic heterocycles. The maximum atomic E-state index is 15.8. The molecule has 0 aliphatic heterocycles. The number of benzene rings is 5. The lowest BCUT2D eigenvalue weighted by molar-refractivity contribution is -0.152. The summed E-state index contributed by atoms with van der Waals surface area (Å²) in [6.45, 7) is 3.51. The summed E-state index contributed by atoms with van der Waals surface area (Å²) in [5.41, 5.74) is 3.18. The van der Waals surface area contributed by atoms with Gasteiger partial charge in [-0.3, -0.25) is 19.1 Å². The van der Waals surface area contributed by atoms with Crippen LogP contribution in [0.25, 0.3) is 33.8 Å². The lowest BCUT2D eigenvalue weighted by Crippen LogP contribution is -2.23. The van der Waals surface area contributed by atoms with E-state index in [0.29, 0.717) is 27.9 Å². The molecule has 0 radical (unpaired) electrons. The van der Waals surface area contributed by atoms with E-state index in [-0.39, 0.29) is 12.1 Å². The number of esters is 1.